The standard InChI is InChI=1S/C14H14ClF3N4OS/c1-6-10(24-12(21-6)13(19)2-3-13)11(23)22-9-4-7(14(16,17)18)8(15)5-20-9/h4-6,10H,2-3,19H2,1H3,(H,20,22,23). The third-order valence-electron chi connectivity index (χ3n) is 3.88. The summed E-state index contributed by atoms with van der Waals surface area (Å²) in [7, 11) is 0. The highest BCUT2D eigenvalue weighted by molar-refractivity contribution is 8.15. The Morgan fingerprint density at radius 1 is 1.50 bits per heavy atom. The Bertz CT molecular complexity index is 720. The second-order valence-electron chi connectivity index (χ2n) is 5.91. The Balaban J connectivity index is 1.72. The van der Waals surface area contributed by atoms with Gasteiger partial charge in [0, 0.05) is 6.20 Å². The van der Waals surface area contributed by atoms with Gasteiger partial charge in [0.1, 0.15) is 11.1 Å². The Morgan fingerprint density at radius 2 is 2.17 bits per heavy atom. The number of hydrogen-bond donors (Lipinski definition) is 2. The van der Waals surface area contributed by atoms with Crippen molar-refractivity contribution in [3.8, 4) is 0 Å². The van der Waals surface area contributed by atoms with Crippen LogP contribution in [0.15, 0.2) is 17.3 Å². The zero-order chi connectivity index (χ0) is 17.7. The van der Waals surface area contributed by atoms with Crippen LogP contribution in [0.25, 0.3) is 0 Å². The van der Waals surface area contributed by atoms with Crippen molar-refractivity contribution in [2.75, 3.05) is 5.32 Å². The van der Waals surface area contributed by atoms with Crippen LogP contribution in [-0.4, -0.2) is 32.8 Å². The molecule has 0 aromatic carbocycles. The van der Waals surface area contributed by atoms with Crippen LogP contribution in [0.2, 0.25) is 5.02 Å². The number of alkyl halides is 3. The summed E-state index contributed by atoms with van der Waals surface area (Å²) in [6.07, 6.45) is -2.10. The Labute approximate surface area is 145 Å². The summed E-state index contributed by atoms with van der Waals surface area (Å²) < 4.78 is 38.6. The van der Waals surface area contributed by atoms with Gasteiger partial charge in [0.25, 0.3) is 0 Å². The number of carbonyl (C=O) groups is 1. The molecule has 3 N–H and O–H groups in total. The first kappa shape index (κ1) is 17.5. The number of amides is 1. The maximum absolute atomic E-state index is 12.9. The predicted octanol–water partition coefficient (Wildman–Crippen LogP) is 3.09. The molecule has 1 aromatic heterocycles. The summed E-state index contributed by atoms with van der Waals surface area (Å²) in [5.74, 6) is -0.662. The van der Waals surface area contributed by atoms with Crippen LogP contribution in [0.1, 0.15) is 25.3 Å². The van der Waals surface area contributed by atoms with E-state index >= 15 is 0 Å². The molecular weight excluding hydrogens is 365 g/mol. The molecule has 130 valence electrons. The molecule has 1 amide bonds. The molecule has 0 saturated heterocycles. The Hall–Kier alpha value is -1.32. The van der Waals surface area contributed by atoms with Crippen LogP contribution in [0, 0.1) is 0 Å². The first-order chi connectivity index (χ1) is 11.1. The molecule has 10 heteroatoms. The van der Waals surface area contributed by atoms with Crippen molar-refractivity contribution < 1.29 is 18.0 Å². The minimum absolute atomic E-state index is 0.202. The zero-order valence-corrected chi connectivity index (χ0v) is 14.1. The van der Waals surface area contributed by atoms with E-state index in [4.69, 9.17) is 17.3 Å². The van der Waals surface area contributed by atoms with Gasteiger partial charge in [0.2, 0.25) is 5.91 Å². The molecule has 0 bridgehead atoms. The van der Waals surface area contributed by atoms with Crippen LogP contribution < -0.4 is 11.1 Å². The van der Waals surface area contributed by atoms with E-state index in [0.717, 1.165) is 30.1 Å². The van der Waals surface area contributed by atoms with Gasteiger partial charge in [-0.25, -0.2) is 4.98 Å². The van der Waals surface area contributed by atoms with Crippen LogP contribution in [-0.2, 0) is 11.0 Å². The van der Waals surface area contributed by atoms with Crippen LogP contribution in [0.4, 0.5) is 19.0 Å². The van der Waals surface area contributed by atoms with E-state index in [2.05, 4.69) is 15.3 Å². The van der Waals surface area contributed by atoms with E-state index < -0.39 is 33.5 Å². The van der Waals surface area contributed by atoms with Gasteiger partial charge in [-0.15, -0.1) is 0 Å². The van der Waals surface area contributed by atoms with Crippen LogP contribution in [0.3, 0.4) is 0 Å². The fraction of sp³-hybridized carbons (Fsp3) is 0.500. The summed E-state index contributed by atoms with van der Waals surface area (Å²) in [6.45, 7) is 1.77. The van der Waals surface area contributed by atoms with E-state index in [9.17, 15) is 18.0 Å². The number of thioether (sulfide) groups is 1. The maximum Gasteiger partial charge on any atom is 0.418 e. The number of aromatic nitrogens is 1. The van der Waals surface area contributed by atoms with Crippen molar-refractivity contribution in [1.29, 1.82) is 0 Å². The summed E-state index contributed by atoms with van der Waals surface area (Å²) in [5.41, 5.74) is 4.60. The molecule has 1 aromatic rings. The molecule has 2 unspecified atom stereocenters. The number of nitrogens with one attached hydrogen (secondary N) is 1. The molecule has 2 atom stereocenters. The van der Waals surface area contributed by atoms with E-state index in [-0.39, 0.29) is 11.9 Å². The molecule has 2 heterocycles. The molecule has 0 radical (unpaired) electrons. The third-order valence-corrected chi connectivity index (χ3v) is 5.78. The lowest BCUT2D eigenvalue weighted by molar-refractivity contribution is -0.137. The first-order valence-corrected chi connectivity index (χ1v) is 8.43. The smallest absolute Gasteiger partial charge is 0.320 e. The van der Waals surface area contributed by atoms with Gasteiger partial charge in [0.15, 0.2) is 0 Å². The molecule has 5 nitrogen and oxygen atoms in total. The highest BCUT2D eigenvalue weighted by Gasteiger charge is 2.49. The second kappa shape index (κ2) is 5.89. The van der Waals surface area contributed by atoms with Gasteiger partial charge >= 0.3 is 6.18 Å². The van der Waals surface area contributed by atoms with Crippen molar-refractivity contribution in [2.24, 2.45) is 10.7 Å². The number of nitrogens with two attached hydrogens (primary N) is 1. The Kier molecular flexibility index (Phi) is 4.29. The van der Waals surface area contributed by atoms with Gasteiger partial charge in [-0.2, -0.15) is 13.2 Å². The molecule has 24 heavy (non-hydrogen) atoms. The highest BCUT2D eigenvalue weighted by atomic mass is 35.5. The molecule has 2 aliphatic rings. The van der Waals surface area contributed by atoms with Crippen molar-refractivity contribution in [1.82, 2.24) is 4.98 Å². The monoisotopic (exact) mass is 378 g/mol. The van der Waals surface area contributed by atoms with Crippen LogP contribution >= 0.6 is 23.4 Å². The topological polar surface area (TPSA) is 80.4 Å². The zero-order valence-electron chi connectivity index (χ0n) is 12.5. The average Bonchev–Trinajstić information content (AvgIpc) is 3.10. The largest absolute Gasteiger partial charge is 0.418 e. The van der Waals surface area contributed by atoms with Gasteiger partial charge in [-0.05, 0) is 25.8 Å². The quantitative estimate of drug-likeness (QED) is 0.847. The van der Waals surface area contributed by atoms with Crippen LogP contribution in [0.5, 0.6) is 0 Å². The van der Waals surface area contributed by atoms with E-state index in [1.54, 1.807) is 6.92 Å². The summed E-state index contributed by atoms with van der Waals surface area (Å²) in [5, 5.41) is 2.07. The minimum atomic E-state index is -4.62. The van der Waals surface area contributed by atoms with E-state index in [1.807, 2.05) is 0 Å². The maximum atomic E-state index is 12.9. The van der Waals surface area contributed by atoms with Crippen molar-refractivity contribution in [3.63, 3.8) is 0 Å². The van der Waals surface area contributed by atoms with E-state index in [1.165, 1.54) is 11.8 Å². The fourth-order valence-electron chi connectivity index (χ4n) is 2.29. The summed E-state index contributed by atoms with van der Waals surface area (Å²) >= 11 is 6.78. The normalized spacial score (nSPS) is 25.3. The Morgan fingerprint density at radius 3 is 2.75 bits per heavy atom. The lowest BCUT2D eigenvalue weighted by Gasteiger charge is -2.15. The lowest BCUT2D eigenvalue weighted by atomic mass is 10.2. The number of nitrogens with zero attached hydrogens (tertiary/aromatic N) is 2. The van der Waals surface area contributed by atoms with Crippen molar-refractivity contribution in [3.05, 3.63) is 22.8 Å². The molecular formula is C14H14ClF3N4OS. The molecule has 1 aliphatic heterocycles. The number of hydrogen-bond acceptors (Lipinski definition) is 5. The molecule has 0 spiro atoms. The molecule has 1 fully saturated rings. The number of anilines is 1. The second-order valence-corrected chi connectivity index (χ2v) is 7.44. The summed E-state index contributed by atoms with van der Waals surface area (Å²) in [4.78, 5) is 20.5. The number of aliphatic imine (C=N–C) groups is 1. The number of rotatable bonds is 3. The predicted molar refractivity (Wildman–Crippen MR) is 87.3 cm³/mol. The first-order valence-electron chi connectivity index (χ1n) is 7.17. The lowest BCUT2D eigenvalue weighted by Crippen LogP contribution is -2.33. The number of carbonyl (C=O) groups excluding carboxylic acids is 1. The fourth-order valence-corrected chi connectivity index (χ4v) is 3.83. The third kappa shape index (κ3) is 3.38. The molecule has 3 rings (SSSR count). The summed E-state index contributed by atoms with van der Waals surface area (Å²) in [6, 6.07) is 0.415. The number of halogens is 4. The van der Waals surface area contributed by atoms with Crippen molar-refractivity contribution in [2.45, 2.75) is 42.8 Å². The average molecular weight is 379 g/mol. The van der Waals surface area contributed by atoms with Gasteiger partial charge < -0.3 is 11.1 Å². The SMILES string of the molecule is CC1N=C(C2(N)CC2)SC1C(=O)Nc1cc(C(F)(F)F)c(Cl)cn1. The highest BCUT2D eigenvalue weighted by Crippen LogP contribution is 2.43. The van der Waals surface area contributed by atoms with Crippen molar-refractivity contribution >= 4 is 40.1 Å². The van der Waals surface area contributed by atoms with Gasteiger partial charge in [0.05, 0.1) is 27.2 Å². The van der Waals surface area contributed by atoms with E-state index in [0.29, 0.717) is 0 Å². The molecule has 1 saturated carbocycles. The number of pyridine rings is 1. The van der Waals surface area contributed by atoms with Gasteiger partial charge in [-0.1, -0.05) is 23.4 Å². The molecule has 1 aliphatic carbocycles. The van der Waals surface area contributed by atoms with Gasteiger partial charge in [-0.3, -0.25) is 9.79 Å². The minimum Gasteiger partial charge on any atom is -0.320 e.